The molecule has 162 valence electrons. The summed E-state index contributed by atoms with van der Waals surface area (Å²) in [5.41, 5.74) is 3.71. The van der Waals surface area contributed by atoms with Crippen molar-refractivity contribution in [2.45, 2.75) is 45.6 Å². The minimum Gasteiger partial charge on any atom is -0.324 e. The van der Waals surface area contributed by atoms with Crippen molar-refractivity contribution in [3.8, 4) is 11.4 Å². The van der Waals surface area contributed by atoms with Crippen molar-refractivity contribution in [3.63, 3.8) is 0 Å². The lowest BCUT2D eigenvalue weighted by Crippen LogP contribution is -2.30. The second-order valence-electron chi connectivity index (χ2n) is 8.14. The molecule has 2 aromatic heterocycles. The Kier molecular flexibility index (Phi) is 5.62. The van der Waals surface area contributed by atoms with Crippen molar-refractivity contribution in [3.05, 3.63) is 81.0 Å². The van der Waals surface area contributed by atoms with Crippen molar-refractivity contribution in [2.24, 2.45) is 0 Å². The molecule has 0 bridgehead atoms. The first-order valence-electron chi connectivity index (χ1n) is 11.1. The van der Waals surface area contributed by atoms with Crippen LogP contribution in [0, 0.1) is 0 Å². The Morgan fingerprint density at radius 1 is 1.06 bits per heavy atom. The van der Waals surface area contributed by atoms with Gasteiger partial charge in [-0.25, -0.2) is 4.98 Å². The number of thiophene rings is 1. The maximum absolute atomic E-state index is 13.7. The average Bonchev–Trinajstić information content (AvgIpc) is 3.20. The minimum absolute atomic E-state index is 0.0747. The average molecular weight is 444 g/mol. The van der Waals surface area contributed by atoms with Crippen LogP contribution in [0.1, 0.15) is 35.8 Å². The molecular weight excluding hydrogens is 418 g/mol. The molecule has 2 heterocycles. The summed E-state index contributed by atoms with van der Waals surface area (Å²) in [7, 11) is 0. The van der Waals surface area contributed by atoms with Crippen molar-refractivity contribution in [2.75, 3.05) is 5.32 Å². The maximum atomic E-state index is 13.7. The van der Waals surface area contributed by atoms with Gasteiger partial charge in [0.1, 0.15) is 17.2 Å². The van der Waals surface area contributed by atoms with Gasteiger partial charge in [0.05, 0.1) is 5.39 Å². The smallest absolute Gasteiger partial charge is 0.263 e. The van der Waals surface area contributed by atoms with E-state index in [9.17, 15) is 9.59 Å². The van der Waals surface area contributed by atoms with Gasteiger partial charge in [-0.3, -0.25) is 14.2 Å². The summed E-state index contributed by atoms with van der Waals surface area (Å²) in [6, 6.07) is 17.4. The number of benzene rings is 2. The Balaban J connectivity index is 1.61. The summed E-state index contributed by atoms with van der Waals surface area (Å²) in [6.07, 6.45) is 4.98. The van der Waals surface area contributed by atoms with E-state index in [0.29, 0.717) is 11.2 Å². The fourth-order valence-corrected chi connectivity index (χ4v) is 5.73. The fraction of sp³-hybridized carbons (Fsp3) is 0.269. The predicted octanol–water partition coefficient (Wildman–Crippen LogP) is 5.20. The third-order valence-corrected chi connectivity index (χ3v) is 7.27. The quantitative estimate of drug-likeness (QED) is 0.461. The molecule has 1 amide bonds. The van der Waals surface area contributed by atoms with Crippen LogP contribution in [0.5, 0.6) is 0 Å². The molecule has 32 heavy (non-hydrogen) atoms. The lowest BCUT2D eigenvalue weighted by atomic mass is 9.97. The number of aromatic nitrogens is 2. The zero-order chi connectivity index (χ0) is 22.1. The maximum Gasteiger partial charge on any atom is 0.263 e. The van der Waals surface area contributed by atoms with Gasteiger partial charge in [-0.2, -0.15) is 0 Å². The highest BCUT2D eigenvalue weighted by atomic mass is 32.1. The van der Waals surface area contributed by atoms with E-state index in [0.717, 1.165) is 59.3 Å². The number of nitrogens with one attached hydrogen (secondary N) is 1. The van der Waals surface area contributed by atoms with Crippen molar-refractivity contribution >= 4 is 33.1 Å². The van der Waals surface area contributed by atoms with Crippen LogP contribution < -0.4 is 10.9 Å². The van der Waals surface area contributed by atoms with Crippen LogP contribution in [0.3, 0.4) is 0 Å². The Hall–Kier alpha value is -3.25. The van der Waals surface area contributed by atoms with Gasteiger partial charge in [-0.15, -0.1) is 11.3 Å². The lowest BCUT2D eigenvalue weighted by molar-refractivity contribution is -0.116. The Morgan fingerprint density at radius 3 is 2.62 bits per heavy atom. The molecule has 2 aromatic carbocycles. The lowest BCUT2D eigenvalue weighted by Gasteiger charge is -2.15. The van der Waals surface area contributed by atoms with Gasteiger partial charge in [0.25, 0.3) is 5.56 Å². The van der Waals surface area contributed by atoms with E-state index in [-0.39, 0.29) is 18.0 Å². The van der Waals surface area contributed by atoms with Gasteiger partial charge < -0.3 is 5.32 Å². The molecule has 0 fully saturated rings. The van der Waals surface area contributed by atoms with Crippen LogP contribution in [0.15, 0.2) is 59.4 Å². The highest BCUT2D eigenvalue weighted by Crippen LogP contribution is 2.34. The van der Waals surface area contributed by atoms with Crippen LogP contribution in [0.2, 0.25) is 0 Å². The monoisotopic (exact) mass is 443 g/mol. The second-order valence-corrected chi connectivity index (χ2v) is 9.23. The molecule has 0 saturated carbocycles. The molecule has 5 rings (SSSR count). The van der Waals surface area contributed by atoms with Crippen LogP contribution in [0.4, 0.5) is 5.69 Å². The fourth-order valence-electron chi connectivity index (χ4n) is 4.48. The van der Waals surface area contributed by atoms with Gasteiger partial charge >= 0.3 is 0 Å². The standard InChI is InChI=1S/C26H25N3O2S/c1-2-17-10-6-8-14-20(17)27-22(30)16-29-24(18-11-4-3-5-12-18)28-25-23(26(29)31)19-13-7-9-15-21(19)32-25/h3-6,8,10-12,14H,2,7,9,13,15-16H2,1H3,(H,27,30). The summed E-state index contributed by atoms with van der Waals surface area (Å²) in [5.74, 6) is 0.316. The van der Waals surface area contributed by atoms with Gasteiger partial charge in [0.15, 0.2) is 0 Å². The van der Waals surface area contributed by atoms with E-state index >= 15 is 0 Å². The first-order chi connectivity index (χ1) is 15.7. The van der Waals surface area contributed by atoms with Crippen molar-refractivity contribution in [1.29, 1.82) is 0 Å². The number of hydrogen-bond donors (Lipinski definition) is 1. The van der Waals surface area contributed by atoms with Crippen LogP contribution in [-0.2, 0) is 30.6 Å². The summed E-state index contributed by atoms with van der Waals surface area (Å²) >= 11 is 1.63. The number of anilines is 1. The number of amides is 1. The molecule has 0 spiro atoms. The molecule has 0 aliphatic heterocycles. The van der Waals surface area contributed by atoms with Crippen LogP contribution >= 0.6 is 11.3 Å². The SMILES string of the molecule is CCc1ccccc1NC(=O)Cn1c(-c2ccccc2)nc2sc3c(c2c1=O)CCCC3. The van der Waals surface area contributed by atoms with E-state index in [1.54, 1.807) is 15.9 Å². The third kappa shape index (κ3) is 3.75. The minimum atomic E-state index is -0.226. The first kappa shape index (κ1) is 20.6. The Morgan fingerprint density at radius 2 is 1.81 bits per heavy atom. The molecule has 0 unspecified atom stereocenters. The van der Waals surface area contributed by atoms with E-state index in [1.807, 2.05) is 54.6 Å². The molecule has 6 heteroatoms. The number of nitrogens with zero attached hydrogens (tertiary/aromatic N) is 2. The van der Waals surface area contributed by atoms with Crippen molar-refractivity contribution in [1.82, 2.24) is 9.55 Å². The van der Waals surface area contributed by atoms with E-state index in [2.05, 4.69) is 12.2 Å². The molecule has 1 aliphatic carbocycles. The molecule has 0 atom stereocenters. The molecule has 1 N–H and O–H groups in total. The highest BCUT2D eigenvalue weighted by molar-refractivity contribution is 7.18. The molecule has 5 nitrogen and oxygen atoms in total. The summed E-state index contributed by atoms with van der Waals surface area (Å²) < 4.78 is 1.54. The van der Waals surface area contributed by atoms with Gasteiger partial charge in [-0.05, 0) is 49.3 Å². The number of aryl methyl sites for hydroxylation is 3. The van der Waals surface area contributed by atoms with Gasteiger partial charge in [0.2, 0.25) is 5.91 Å². The normalized spacial score (nSPS) is 13.2. The summed E-state index contributed by atoms with van der Waals surface area (Å²) in [5, 5.41) is 3.70. The van der Waals surface area contributed by atoms with E-state index in [1.165, 1.54) is 4.88 Å². The number of fused-ring (bicyclic) bond motifs is 3. The van der Waals surface area contributed by atoms with Gasteiger partial charge in [0, 0.05) is 16.1 Å². The van der Waals surface area contributed by atoms with Crippen molar-refractivity contribution < 1.29 is 4.79 Å². The highest BCUT2D eigenvalue weighted by Gasteiger charge is 2.23. The molecule has 1 aliphatic rings. The predicted molar refractivity (Wildman–Crippen MR) is 130 cm³/mol. The third-order valence-electron chi connectivity index (χ3n) is 6.08. The first-order valence-corrected chi connectivity index (χ1v) is 12.0. The Labute approximate surface area is 190 Å². The van der Waals surface area contributed by atoms with E-state index < -0.39 is 0 Å². The van der Waals surface area contributed by atoms with E-state index in [4.69, 9.17) is 4.98 Å². The molecule has 4 aromatic rings. The molecule has 0 saturated heterocycles. The van der Waals surface area contributed by atoms with Crippen LogP contribution in [0.25, 0.3) is 21.6 Å². The number of rotatable bonds is 5. The number of hydrogen-bond acceptors (Lipinski definition) is 4. The molecular formula is C26H25N3O2S. The number of para-hydroxylation sites is 1. The van der Waals surface area contributed by atoms with Crippen LogP contribution in [-0.4, -0.2) is 15.5 Å². The van der Waals surface area contributed by atoms with Gasteiger partial charge in [-0.1, -0.05) is 55.5 Å². The number of carbonyl (C=O) groups is 1. The molecule has 0 radical (unpaired) electrons. The Bertz CT molecular complexity index is 1360. The summed E-state index contributed by atoms with van der Waals surface area (Å²) in [4.78, 5) is 33.7. The summed E-state index contributed by atoms with van der Waals surface area (Å²) in [6.45, 7) is 1.98. The largest absolute Gasteiger partial charge is 0.324 e. The zero-order valence-electron chi connectivity index (χ0n) is 18.1. The second kappa shape index (κ2) is 8.71. The topological polar surface area (TPSA) is 64.0 Å². The number of carbonyl (C=O) groups excluding carboxylic acids is 1. The zero-order valence-corrected chi connectivity index (χ0v) is 18.9.